The molecule has 0 spiro atoms. The van der Waals surface area contributed by atoms with Crippen LogP contribution < -0.4 is 16.4 Å². The van der Waals surface area contributed by atoms with E-state index in [-0.39, 0.29) is 18.7 Å². The molecule has 2 aromatic carbocycles. The first-order valence-electron chi connectivity index (χ1n) is 15.8. The summed E-state index contributed by atoms with van der Waals surface area (Å²) in [5.41, 5.74) is 8.19. The first-order chi connectivity index (χ1) is 20.8. The lowest BCUT2D eigenvalue weighted by Crippen LogP contribution is -2.53. The first kappa shape index (κ1) is 36.3. The molecule has 0 fully saturated rings. The number of carbonyl (C=O) groups is 4. The molecule has 2 unspecified atom stereocenters. The van der Waals surface area contributed by atoms with Gasteiger partial charge in [0.15, 0.2) is 0 Å². The summed E-state index contributed by atoms with van der Waals surface area (Å²) < 4.78 is 5.44. The average Bonchev–Trinajstić information content (AvgIpc) is 2.93. The zero-order valence-electron chi connectivity index (χ0n) is 27.4. The van der Waals surface area contributed by atoms with Gasteiger partial charge in [0.25, 0.3) is 0 Å². The molecular weight excluding hydrogens is 556 g/mol. The van der Waals surface area contributed by atoms with Crippen LogP contribution in [-0.4, -0.2) is 46.9 Å². The van der Waals surface area contributed by atoms with Gasteiger partial charge in [0, 0.05) is 19.5 Å². The van der Waals surface area contributed by atoms with Crippen molar-refractivity contribution in [3.63, 3.8) is 0 Å². The van der Waals surface area contributed by atoms with Crippen LogP contribution in [0.4, 0.5) is 4.79 Å². The molecule has 0 aliphatic carbocycles. The summed E-state index contributed by atoms with van der Waals surface area (Å²) in [6.07, 6.45) is 5.03. The molecule has 2 aromatic rings. The second-order valence-electron chi connectivity index (χ2n) is 12.5. The lowest BCUT2D eigenvalue weighted by molar-refractivity contribution is -0.143. The van der Waals surface area contributed by atoms with Crippen molar-refractivity contribution in [2.24, 2.45) is 5.73 Å². The van der Waals surface area contributed by atoms with Crippen LogP contribution in [0.1, 0.15) is 107 Å². The molecule has 2 atom stereocenters. The zero-order chi connectivity index (χ0) is 32.7. The Morgan fingerprint density at radius 2 is 1.52 bits per heavy atom. The number of nitrogens with zero attached hydrogens (tertiary/aromatic N) is 1. The molecule has 0 aliphatic rings. The summed E-state index contributed by atoms with van der Waals surface area (Å²) >= 11 is 0. The molecule has 44 heavy (non-hydrogen) atoms. The van der Waals surface area contributed by atoms with E-state index in [0.29, 0.717) is 25.1 Å². The summed E-state index contributed by atoms with van der Waals surface area (Å²) in [7, 11) is 0. The summed E-state index contributed by atoms with van der Waals surface area (Å²) in [5, 5.41) is 5.69. The van der Waals surface area contributed by atoms with Crippen LogP contribution in [0.2, 0.25) is 0 Å². The number of hydrogen-bond acceptors (Lipinski definition) is 5. The van der Waals surface area contributed by atoms with Gasteiger partial charge in [-0.1, -0.05) is 98.7 Å². The lowest BCUT2D eigenvalue weighted by Gasteiger charge is -2.35. The van der Waals surface area contributed by atoms with Gasteiger partial charge in [-0.05, 0) is 58.6 Å². The fourth-order valence-electron chi connectivity index (χ4n) is 5.15. The van der Waals surface area contributed by atoms with Crippen molar-refractivity contribution in [2.45, 2.75) is 117 Å². The van der Waals surface area contributed by atoms with Gasteiger partial charge in [0.2, 0.25) is 17.7 Å². The number of hydrogen-bond donors (Lipinski definition) is 3. The van der Waals surface area contributed by atoms with Crippen LogP contribution in [0, 0.1) is 13.8 Å². The van der Waals surface area contributed by atoms with Crippen LogP contribution in [0.25, 0.3) is 0 Å². The molecule has 0 aromatic heterocycles. The van der Waals surface area contributed by atoms with E-state index in [1.165, 1.54) is 0 Å². The molecule has 0 heterocycles. The zero-order valence-corrected chi connectivity index (χ0v) is 27.4. The monoisotopic (exact) mass is 608 g/mol. The van der Waals surface area contributed by atoms with Gasteiger partial charge < -0.3 is 26.0 Å². The quantitative estimate of drug-likeness (QED) is 0.189. The SMILES string of the molecule is CCCCCCCCN(C(=O)C(CCC(N)=O)NC(=O)OC(C)(C)C)C(C(=O)NCc1ccccc1)c1cc(C)cc(C)c1. The molecule has 0 bridgehead atoms. The van der Waals surface area contributed by atoms with E-state index in [9.17, 15) is 19.2 Å². The Hall–Kier alpha value is -3.88. The summed E-state index contributed by atoms with van der Waals surface area (Å²) in [5.74, 6) is -1.39. The third-order valence-electron chi connectivity index (χ3n) is 7.13. The van der Waals surface area contributed by atoms with Gasteiger partial charge in [-0.3, -0.25) is 14.4 Å². The topological polar surface area (TPSA) is 131 Å². The fraction of sp³-hybridized carbons (Fsp3) is 0.543. The maximum Gasteiger partial charge on any atom is 0.408 e. The smallest absolute Gasteiger partial charge is 0.408 e. The molecule has 0 saturated heterocycles. The average molecular weight is 609 g/mol. The predicted octanol–water partition coefficient (Wildman–Crippen LogP) is 6.01. The number of alkyl carbamates (subject to hydrolysis) is 1. The number of rotatable bonds is 17. The summed E-state index contributed by atoms with van der Waals surface area (Å²) in [6.45, 7) is 11.8. The fourth-order valence-corrected chi connectivity index (χ4v) is 5.15. The normalized spacial score (nSPS) is 12.6. The number of unbranched alkanes of at least 4 members (excludes halogenated alkanes) is 5. The van der Waals surface area contributed by atoms with Gasteiger partial charge >= 0.3 is 6.09 Å². The molecule has 0 aliphatic heterocycles. The van der Waals surface area contributed by atoms with Crippen molar-refractivity contribution in [3.8, 4) is 0 Å². The van der Waals surface area contributed by atoms with Gasteiger partial charge in [-0.2, -0.15) is 0 Å². The third-order valence-corrected chi connectivity index (χ3v) is 7.13. The number of aryl methyl sites for hydroxylation is 2. The van der Waals surface area contributed by atoms with E-state index in [0.717, 1.165) is 48.8 Å². The number of nitrogens with one attached hydrogen (secondary N) is 2. The Bertz CT molecular complexity index is 1210. The molecular formula is C35H52N4O5. The Morgan fingerprint density at radius 1 is 0.909 bits per heavy atom. The van der Waals surface area contributed by atoms with Crippen LogP contribution in [0.5, 0.6) is 0 Å². The Balaban J connectivity index is 2.51. The van der Waals surface area contributed by atoms with Gasteiger partial charge in [-0.15, -0.1) is 0 Å². The second kappa shape index (κ2) is 18.0. The molecule has 0 radical (unpaired) electrons. The van der Waals surface area contributed by atoms with E-state index in [4.69, 9.17) is 10.5 Å². The van der Waals surface area contributed by atoms with Crippen LogP contribution in [-0.2, 0) is 25.7 Å². The van der Waals surface area contributed by atoms with Crippen LogP contribution >= 0.6 is 0 Å². The molecule has 242 valence electrons. The van der Waals surface area contributed by atoms with Crippen molar-refractivity contribution < 1.29 is 23.9 Å². The number of amides is 4. The molecule has 4 amide bonds. The second-order valence-corrected chi connectivity index (χ2v) is 12.5. The Morgan fingerprint density at radius 3 is 2.11 bits per heavy atom. The number of carbonyl (C=O) groups excluding carboxylic acids is 4. The van der Waals surface area contributed by atoms with E-state index >= 15 is 0 Å². The van der Waals surface area contributed by atoms with Crippen molar-refractivity contribution in [1.29, 1.82) is 0 Å². The van der Waals surface area contributed by atoms with E-state index in [1.54, 1.807) is 25.7 Å². The number of primary amides is 1. The Kier molecular flexibility index (Phi) is 14.9. The van der Waals surface area contributed by atoms with Gasteiger partial charge in [0.1, 0.15) is 17.7 Å². The van der Waals surface area contributed by atoms with Crippen molar-refractivity contribution >= 4 is 23.8 Å². The third kappa shape index (κ3) is 13.2. The van der Waals surface area contributed by atoms with E-state index in [1.807, 2.05) is 62.4 Å². The van der Waals surface area contributed by atoms with Gasteiger partial charge in [0.05, 0.1) is 0 Å². The minimum Gasteiger partial charge on any atom is -0.444 e. The Labute approximate surface area is 263 Å². The largest absolute Gasteiger partial charge is 0.444 e. The molecule has 4 N–H and O–H groups in total. The number of benzene rings is 2. The molecule has 9 nitrogen and oxygen atoms in total. The minimum atomic E-state index is -1.12. The highest BCUT2D eigenvalue weighted by Crippen LogP contribution is 2.27. The van der Waals surface area contributed by atoms with E-state index in [2.05, 4.69) is 17.6 Å². The predicted molar refractivity (Wildman–Crippen MR) is 174 cm³/mol. The highest BCUT2D eigenvalue weighted by atomic mass is 16.6. The highest BCUT2D eigenvalue weighted by molar-refractivity contribution is 5.92. The first-order valence-corrected chi connectivity index (χ1v) is 15.8. The lowest BCUT2D eigenvalue weighted by atomic mass is 9.97. The van der Waals surface area contributed by atoms with Crippen LogP contribution in [0.15, 0.2) is 48.5 Å². The van der Waals surface area contributed by atoms with Gasteiger partial charge in [-0.25, -0.2) is 4.79 Å². The molecule has 9 heteroatoms. The maximum absolute atomic E-state index is 14.4. The van der Waals surface area contributed by atoms with E-state index < -0.39 is 35.6 Å². The van der Waals surface area contributed by atoms with Crippen LogP contribution in [0.3, 0.4) is 0 Å². The molecule has 2 rings (SSSR count). The number of ether oxygens (including phenoxy) is 1. The minimum absolute atomic E-state index is 0.0222. The van der Waals surface area contributed by atoms with Crippen molar-refractivity contribution in [1.82, 2.24) is 15.5 Å². The van der Waals surface area contributed by atoms with Crippen molar-refractivity contribution in [3.05, 3.63) is 70.8 Å². The maximum atomic E-state index is 14.4. The molecule has 0 saturated carbocycles. The standard InChI is InChI=1S/C35H52N4O5/c1-7-8-9-10-11-15-20-39(33(42)29(18-19-30(36)40)38-34(43)44-35(4,5)6)31(28-22-25(2)21-26(3)23-28)32(41)37-24-27-16-13-12-14-17-27/h12-14,16-17,21-23,29,31H,7-11,15,18-20,24H2,1-6H3,(H2,36,40)(H,37,41)(H,38,43). The van der Waals surface area contributed by atoms with Crippen molar-refractivity contribution in [2.75, 3.05) is 6.54 Å². The summed E-state index contributed by atoms with van der Waals surface area (Å²) in [4.78, 5) is 54.6. The summed E-state index contributed by atoms with van der Waals surface area (Å²) in [6, 6.07) is 13.3. The number of nitrogens with two attached hydrogens (primary N) is 1. The highest BCUT2D eigenvalue weighted by Gasteiger charge is 2.36.